The van der Waals surface area contributed by atoms with Crippen LogP contribution in [0.5, 0.6) is 0 Å². The van der Waals surface area contributed by atoms with Crippen molar-refractivity contribution in [3.8, 4) is 0 Å². The third kappa shape index (κ3) is 4.82. The van der Waals surface area contributed by atoms with Crippen LogP contribution in [0.15, 0.2) is 0 Å². The molecule has 0 aromatic rings. The molecule has 0 spiro atoms. The molecule has 0 bridgehead atoms. The number of carbonyl (C=O) groups excluding carboxylic acids is 1. The van der Waals surface area contributed by atoms with Crippen LogP contribution in [0.25, 0.3) is 0 Å². The summed E-state index contributed by atoms with van der Waals surface area (Å²) >= 11 is 5.77. The molecule has 0 aromatic heterocycles. The summed E-state index contributed by atoms with van der Waals surface area (Å²) in [7, 11) is 0. The normalized spacial score (nSPS) is 20.6. The number of amides is 1. The van der Waals surface area contributed by atoms with Gasteiger partial charge in [0.05, 0.1) is 0 Å². The smallest absolute Gasteiger partial charge is 0.222 e. The molecule has 1 aliphatic rings. The van der Waals surface area contributed by atoms with Crippen LogP contribution in [0.1, 0.15) is 26.7 Å². The molecular weight excluding hydrogens is 242 g/mol. The molecule has 1 rings (SSSR count). The maximum absolute atomic E-state index is 11.7. The quantitative estimate of drug-likeness (QED) is 0.496. The van der Waals surface area contributed by atoms with E-state index < -0.39 is 0 Å². The minimum Gasteiger partial charge on any atom is -0.353 e. The highest BCUT2D eigenvalue weighted by molar-refractivity contribution is 6.18. The lowest BCUT2D eigenvalue weighted by Crippen LogP contribution is -2.30. The number of alkyl halides is 1. The van der Waals surface area contributed by atoms with Gasteiger partial charge in [-0.3, -0.25) is 4.79 Å². The number of halogens is 1. The van der Waals surface area contributed by atoms with Gasteiger partial charge >= 0.3 is 0 Å². The van der Waals surface area contributed by atoms with Gasteiger partial charge in [0.2, 0.25) is 5.91 Å². The van der Waals surface area contributed by atoms with E-state index in [-0.39, 0.29) is 12.2 Å². The van der Waals surface area contributed by atoms with Gasteiger partial charge in [-0.25, -0.2) is 0 Å². The van der Waals surface area contributed by atoms with E-state index in [0.717, 1.165) is 13.0 Å². The standard InChI is InChI=1S/C12H22ClNO3/c1-3-16-12(17-4-2)5-6-14-9-10(8-13)7-11(14)15/h10,12H,3-9H2,1-2H3. The Bertz CT molecular complexity index is 232. The Balaban J connectivity index is 2.30. The van der Waals surface area contributed by atoms with Crippen molar-refractivity contribution in [2.24, 2.45) is 5.92 Å². The summed E-state index contributed by atoms with van der Waals surface area (Å²) in [6, 6.07) is 0. The van der Waals surface area contributed by atoms with Gasteiger partial charge in [-0.1, -0.05) is 0 Å². The minimum atomic E-state index is -0.201. The fourth-order valence-electron chi connectivity index (χ4n) is 2.02. The van der Waals surface area contributed by atoms with Crippen molar-refractivity contribution in [2.75, 3.05) is 32.2 Å². The van der Waals surface area contributed by atoms with Crippen molar-refractivity contribution < 1.29 is 14.3 Å². The zero-order valence-corrected chi connectivity index (χ0v) is 11.4. The number of carbonyl (C=O) groups is 1. The van der Waals surface area contributed by atoms with Crippen molar-refractivity contribution in [1.29, 1.82) is 0 Å². The van der Waals surface area contributed by atoms with Crippen LogP contribution in [0, 0.1) is 5.92 Å². The maximum Gasteiger partial charge on any atom is 0.222 e. The number of hydrogen-bond acceptors (Lipinski definition) is 3. The third-order valence-corrected chi connectivity index (χ3v) is 3.29. The molecule has 4 nitrogen and oxygen atoms in total. The van der Waals surface area contributed by atoms with Gasteiger partial charge < -0.3 is 14.4 Å². The lowest BCUT2D eigenvalue weighted by molar-refractivity contribution is -0.144. The second-order valence-corrected chi connectivity index (χ2v) is 4.50. The Kier molecular flexibility index (Phi) is 6.85. The molecule has 0 aromatic carbocycles. The zero-order chi connectivity index (χ0) is 12.7. The summed E-state index contributed by atoms with van der Waals surface area (Å²) in [5.41, 5.74) is 0. The number of likely N-dealkylation sites (tertiary alicyclic amines) is 1. The minimum absolute atomic E-state index is 0.197. The summed E-state index contributed by atoms with van der Waals surface area (Å²) in [5.74, 6) is 1.06. The predicted octanol–water partition coefficient (Wildman–Crippen LogP) is 1.86. The van der Waals surface area contributed by atoms with Gasteiger partial charge in [0.1, 0.15) is 0 Å². The van der Waals surface area contributed by atoms with E-state index in [1.807, 2.05) is 18.7 Å². The van der Waals surface area contributed by atoms with E-state index in [4.69, 9.17) is 21.1 Å². The fourth-order valence-corrected chi connectivity index (χ4v) is 2.23. The van der Waals surface area contributed by atoms with E-state index in [9.17, 15) is 4.79 Å². The Morgan fingerprint density at radius 3 is 2.53 bits per heavy atom. The monoisotopic (exact) mass is 263 g/mol. The van der Waals surface area contributed by atoms with Crippen LogP contribution in [0.4, 0.5) is 0 Å². The molecule has 1 heterocycles. The first-order valence-electron chi connectivity index (χ1n) is 6.28. The molecule has 0 saturated carbocycles. The highest BCUT2D eigenvalue weighted by atomic mass is 35.5. The zero-order valence-electron chi connectivity index (χ0n) is 10.7. The molecule has 5 heteroatoms. The van der Waals surface area contributed by atoms with Crippen LogP contribution < -0.4 is 0 Å². The first kappa shape index (κ1) is 14.7. The second kappa shape index (κ2) is 7.90. The van der Waals surface area contributed by atoms with Crippen LogP contribution in [0.2, 0.25) is 0 Å². The summed E-state index contributed by atoms with van der Waals surface area (Å²) in [4.78, 5) is 13.5. The molecule has 17 heavy (non-hydrogen) atoms. The number of rotatable bonds is 8. The summed E-state index contributed by atoms with van der Waals surface area (Å²) in [6.45, 7) is 6.60. The van der Waals surface area contributed by atoms with Crippen molar-refractivity contribution in [1.82, 2.24) is 4.90 Å². The van der Waals surface area contributed by atoms with Gasteiger partial charge in [-0.05, 0) is 19.8 Å². The Morgan fingerprint density at radius 1 is 1.41 bits per heavy atom. The molecular formula is C12H22ClNO3. The topological polar surface area (TPSA) is 38.8 Å². The highest BCUT2D eigenvalue weighted by Crippen LogP contribution is 2.19. The van der Waals surface area contributed by atoms with Gasteiger partial charge in [0, 0.05) is 45.0 Å². The SMILES string of the molecule is CCOC(CCN1CC(CCl)CC1=O)OCC. The van der Waals surface area contributed by atoms with E-state index >= 15 is 0 Å². The average Bonchev–Trinajstić information content (AvgIpc) is 2.68. The molecule has 0 radical (unpaired) electrons. The van der Waals surface area contributed by atoms with Crippen molar-refractivity contribution in [3.05, 3.63) is 0 Å². The molecule has 1 fully saturated rings. The van der Waals surface area contributed by atoms with E-state index in [2.05, 4.69) is 0 Å². The summed E-state index contributed by atoms with van der Waals surface area (Å²) in [5, 5.41) is 0. The van der Waals surface area contributed by atoms with Crippen LogP contribution in [0.3, 0.4) is 0 Å². The second-order valence-electron chi connectivity index (χ2n) is 4.19. The van der Waals surface area contributed by atoms with Gasteiger partial charge in [0.15, 0.2) is 6.29 Å². The number of ether oxygens (including phenoxy) is 2. The lowest BCUT2D eigenvalue weighted by Gasteiger charge is -2.21. The Labute approximate surface area is 108 Å². The largest absolute Gasteiger partial charge is 0.353 e. The number of nitrogens with zero attached hydrogens (tertiary/aromatic N) is 1. The van der Waals surface area contributed by atoms with E-state index in [1.54, 1.807) is 0 Å². The van der Waals surface area contributed by atoms with E-state index in [0.29, 0.717) is 38.0 Å². The lowest BCUT2D eigenvalue weighted by atomic mass is 10.1. The third-order valence-electron chi connectivity index (χ3n) is 2.85. The van der Waals surface area contributed by atoms with Gasteiger partial charge in [-0.15, -0.1) is 11.6 Å². The molecule has 1 atom stereocenters. The molecule has 1 amide bonds. The average molecular weight is 264 g/mol. The molecule has 1 saturated heterocycles. The van der Waals surface area contributed by atoms with Crippen molar-refractivity contribution >= 4 is 17.5 Å². The van der Waals surface area contributed by atoms with Crippen LogP contribution >= 0.6 is 11.6 Å². The van der Waals surface area contributed by atoms with Crippen LogP contribution in [-0.4, -0.2) is 49.3 Å². The maximum atomic E-state index is 11.7. The fraction of sp³-hybridized carbons (Fsp3) is 0.917. The molecule has 0 N–H and O–H groups in total. The predicted molar refractivity (Wildman–Crippen MR) is 67.1 cm³/mol. The molecule has 0 aliphatic carbocycles. The Morgan fingerprint density at radius 2 is 2.06 bits per heavy atom. The van der Waals surface area contributed by atoms with Crippen molar-refractivity contribution in [2.45, 2.75) is 33.0 Å². The van der Waals surface area contributed by atoms with Crippen molar-refractivity contribution in [3.63, 3.8) is 0 Å². The number of hydrogen-bond donors (Lipinski definition) is 0. The summed E-state index contributed by atoms with van der Waals surface area (Å²) in [6.07, 6.45) is 1.10. The molecule has 1 unspecified atom stereocenters. The van der Waals surface area contributed by atoms with Gasteiger partial charge in [0.25, 0.3) is 0 Å². The molecule has 1 aliphatic heterocycles. The first-order valence-corrected chi connectivity index (χ1v) is 6.81. The summed E-state index contributed by atoms with van der Waals surface area (Å²) < 4.78 is 10.9. The first-order chi connectivity index (χ1) is 8.21. The highest BCUT2D eigenvalue weighted by Gasteiger charge is 2.29. The van der Waals surface area contributed by atoms with E-state index in [1.165, 1.54) is 0 Å². The van der Waals surface area contributed by atoms with Crippen LogP contribution in [-0.2, 0) is 14.3 Å². The van der Waals surface area contributed by atoms with Gasteiger partial charge in [-0.2, -0.15) is 0 Å². The molecule has 100 valence electrons. The Hall–Kier alpha value is -0.320.